The first-order valence-corrected chi connectivity index (χ1v) is 9.88. The van der Waals surface area contributed by atoms with E-state index in [4.69, 9.17) is 9.47 Å². The van der Waals surface area contributed by atoms with Gasteiger partial charge in [-0.05, 0) is 49.7 Å². The Bertz CT molecular complexity index is 489. The molecule has 2 atom stereocenters. The summed E-state index contributed by atoms with van der Waals surface area (Å²) in [5, 5.41) is 2.16. The fourth-order valence-corrected chi connectivity index (χ4v) is 5.09. The Labute approximate surface area is 143 Å². The van der Waals surface area contributed by atoms with Crippen molar-refractivity contribution in [2.24, 2.45) is 5.92 Å². The summed E-state index contributed by atoms with van der Waals surface area (Å²) in [6.07, 6.45) is 3.90. The van der Waals surface area contributed by atoms with E-state index in [2.05, 4.69) is 27.3 Å². The van der Waals surface area contributed by atoms with Crippen LogP contribution in [0.25, 0.3) is 0 Å². The predicted molar refractivity (Wildman–Crippen MR) is 92.9 cm³/mol. The molecule has 23 heavy (non-hydrogen) atoms. The van der Waals surface area contributed by atoms with Gasteiger partial charge >= 0.3 is 0 Å². The molecule has 4 rings (SSSR count). The van der Waals surface area contributed by atoms with E-state index >= 15 is 0 Å². The van der Waals surface area contributed by atoms with Crippen LogP contribution in [0.5, 0.6) is 0 Å². The van der Waals surface area contributed by atoms with Gasteiger partial charge in [0.2, 0.25) is 0 Å². The summed E-state index contributed by atoms with van der Waals surface area (Å²) in [5.41, 5.74) is -0.0713. The van der Waals surface area contributed by atoms with Crippen molar-refractivity contribution in [3.63, 3.8) is 0 Å². The van der Waals surface area contributed by atoms with Gasteiger partial charge in [0.05, 0.1) is 19.8 Å². The highest BCUT2D eigenvalue weighted by Gasteiger charge is 2.43. The lowest BCUT2D eigenvalue weighted by atomic mass is 9.94. The molecule has 0 N–H and O–H groups in total. The Morgan fingerprint density at radius 3 is 2.96 bits per heavy atom. The molecule has 4 heterocycles. The summed E-state index contributed by atoms with van der Waals surface area (Å²) in [4.78, 5) is 6.58. The van der Waals surface area contributed by atoms with Gasteiger partial charge in [-0.3, -0.25) is 4.90 Å². The lowest BCUT2D eigenvalue weighted by Crippen LogP contribution is -2.44. The number of nitrogens with zero attached hydrogens (tertiary/aromatic N) is 2. The van der Waals surface area contributed by atoms with Crippen molar-refractivity contribution in [2.45, 2.75) is 31.4 Å². The molecule has 0 unspecified atom stereocenters. The van der Waals surface area contributed by atoms with E-state index in [0.717, 1.165) is 45.9 Å². The van der Waals surface area contributed by atoms with Crippen molar-refractivity contribution < 1.29 is 9.47 Å². The van der Waals surface area contributed by atoms with E-state index in [1.807, 2.05) is 11.3 Å². The molecule has 0 amide bonds. The van der Waals surface area contributed by atoms with Crippen LogP contribution in [0.2, 0.25) is 0 Å². The van der Waals surface area contributed by atoms with Gasteiger partial charge in [0.15, 0.2) is 0 Å². The molecule has 1 aromatic rings. The Morgan fingerprint density at radius 2 is 2.13 bits per heavy atom. The molecule has 3 saturated heterocycles. The number of thiophene rings is 1. The molecule has 3 aliphatic rings. The largest absolute Gasteiger partial charge is 0.377 e. The molecular formula is C18H28N2O2S. The molecule has 0 aliphatic carbocycles. The molecular weight excluding hydrogens is 308 g/mol. The lowest BCUT2D eigenvalue weighted by molar-refractivity contribution is -0.0562. The minimum atomic E-state index is -0.0713. The first kappa shape index (κ1) is 16.0. The standard InChI is InChI=1S/C18H28N2O2S/c1-2-6-19(5-1)11-16-10-18(22-13-16)14-20(7-8-21-15-18)12-17-4-3-9-23-17/h3-4,9,16H,1-2,5-8,10-15H2/t16-,18-/m1/s1. The summed E-state index contributed by atoms with van der Waals surface area (Å²) in [5.74, 6) is 0.679. The molecule has 3 fully saturated rings. The first-order valence-electron chi connectivity index (χ1n) is 9.00. The van der Waals surface area contributed by atoms with E-state index in [1.54, 1.807) is 0 Å². The van der Waals surface area contributed by atoms with E-state index in [9.17, 15) is 0 Å². The molecule has 1 aromatic heterocycles. The first-order chi connectivity index (χ1) is 11.3. The highest BCUT2D eigenvalue weighted by atomic mass is 32.1. The maximum absolute atomic E-state index is 6.34. The summed E-state index contributed by atoms with van der Waals surface area (Å²) in [6.45, 7) is 9.34. The van der Waals surface area contributed by atoms with Gasteiger partial charge in [0, 0.05) is 31.1 Å². The molecule has 128 valence electrons. The quantitative estimate of drug-likeness (QED) is 0.843. The monoisotopic (exact) mass is 336 g/mol. The third-order valence-electron chi connectivity index (χ3n) is 5.39. The highest BCUT2D eigenvalue weighted by Crippen LogP contribution is 2.34. The smallest absolute Gasteiger partial charge is 0.104 e. The van der Waals surface area contributed by atoms with Crippen molar-refractivity contribution in [2.75, 3.05) is 52.5 Å². The average molecular weight is 337 g/mol. The molecule has 1 spiro atoms. The van der Waals surface area contributed by atoms with Crippen LogP contribution in [0.1, 0.15) is 24.1 Å². The minimum absolute atomic E-state index is 0.0713. The van der Waals surface area contributed by atoms with Crippen LogP contribution in [0, 0.1) is 5.92 Å². The second-order valence-corrected chi connectivity index (χ2v) is 8.45. The number of hydrogen-bond donors (Lipinski definition) is 0. The van der Waals surface area contributed by atoms with Crippen LogP contribution in [0.3, 0.4) is 0 Å². The van der Waals surface area contributed by atoms with Crippen LogP contribution < -0.4 is 0 Å². The van der Waals surface area contributed by atoms with Crippen molar-refractivity contribution >= 4 is 11.3 Å². The zero-order valence-corrected chi connectivity index (χ0v) is 14.7. The van der Waals surface area contributed by atoms with Crippen LogP contribution in [0.15, 0.2) is 17.5 Å². The highest BCUT2D eigenvalue weighted by molar-refractivity contribution is 7.09. The second kappa shape index (κ2) is 7.19. The van der Waals surface area contributed by atoms with Gasteiger partial charge in [-0.15, -0.1) is 11.3 Å². The van der Waals surface area contributed by atoms with Gasteiger partial charge < -0.3 is 14.4 Å². The molecule has 0 saturated carbocycles. The number of ether oxygens (including phenoxy) is 2. The number of likely N-dealkylation sites (tertiary alicyclic amines) is 1. The van der Waals surface area contributed by atoms with Gasteiger partial charge in [-0.1, -0.05) is 6.07 Å². The fraction of sp³-hybridized carbons (Fsp3) is 0.778. The molecule has 3 aliphatic heterocycles. The van der Waals surface area contributed by atoms with Crippen LogP contribution in [0.4, 0.5) is 0 Å². The summed E-state index contributed by atoms with van der Waals surface area (Å²) in [7, 11) is 0. The Hall–Kier alpha value is -0.460. The maximum Gasteiger partial charge on any atom is 0.104 e. The number of rotatable bonds is 4. The van der Waals surface area contributed by atoms with Gasteiger partial charge in [0.25, 0.3) is 0 Å². The van der Waals surface area contributed by atoms with Crippen LogP contribution in [-0.2, 0) is 16.0 Å². The van der Waals surface area contributed by atoms with Crippen LogP contribution in [-0.4, -0.2) is 67.9 Å². The normalized spacial score (nSPS) is 33.5. The number of hydrogen-bond acceptors (Lipinski definition) is 5. The SMILES string of the molecule is c1csc(CN2CCOC[C@@]3(C[C@H](CN4CCCC4)CO3)C2)c1. The van der Waals surface area contributed by atoms with E-state index < -0.39 is 0 Å². The van der Waals surface area contributed by atoms with Crippen molar-refractivity contribution in [1.29, 1.82) is 0 Å². The minimum Gasteiger partial charge on any atom is -0.377 e. The van der Waals surface area contributed by atoms with E-state index in [0.29, 0.717) is 5.92 Å². The van der Waals surface area contributed by atoms with Crippen LogP contribution >= 0.6 is 11.3 Å². The van der Waals surface area contributed by atoms with Crippen molar-refractivity contribution in [3.8, 4) is 0 Å². The molecule has 0 radical (unpaired) electrons. The lowest BCUT2D eigenvalue weighted by Gasteiger charge is -2.31. The summed E-state index contributed by atoms with van der Waals surface area (Å²) in [6, 6.07) is 4.37. The second-order valence-electron chi connectivity index (χ2n) is 7.41. The van der Waals surface area contributed by atoms with Gasteiger partial charge in [0.1, 0.15) is 5.60 Å². The Kier molecular flexibility index (Phi) is 5.02. The van der Waals surface area contributed by atoms with Crippen molar-refractivity contribution in [3.05, 3.63) is 22.4 Å². The topological polar surface area (TPSA) is 24.9 Å². The third kappa shape index (κ3) is 3.97. The molecule has 4 nitrogen and oxygen atoms in total. The van der Waals surface area contributed by atoms with Gasteiger partial charge in [-0.25, -0.2) is 0 Å². The average Bonchev–Trinajstić information content (AvgIpc) is 3.25. The zero-order chi connectivity index (χ0) is 15.5. The molecule has 5 heteroatoms. The molecule has 0 bridgehead atoms. The van der Waals surface area contributed by atoms with E-state index in [-0.39, 0.29) is 5.60 Å². The third-order valence-corrected chi connectivity index (χ3v) is 6.25. The maximum atomic E-state index is 6.34. The Balaban J connectivity index is 1.36. The summed E-state index contributed by atoms with van der Waals surface area (Å²) >= 11 is 1.85. The fourth-order valence-electron chi connectivity index (χ4n) is 4.34. The van der Waals surface area contributed by atoms with Crippen molar-refractivity contribution in [1.82, 2.24) is 9.80 Å². The van der Waals surface area contributed by atoms with Gasteiger partial charge in [-0.2, -0.15) is 0 Å². The zero-order valence-electron chi connectivity index (χ0n) is 13.9. The van der Waals surface area contributed by atoms with E-state index in [1.165, 1.54) is 37.4 Å². The molecule has 0 aromatic carbocycles. The summed E-state index contributed by atoms with van der Waals surface area (Å²) < 4.78 is 12.3. The predicted octanol–water partition coefficient (Wildman–Crippen LogP) is 2.45. The Morgan fingerprint density at radius 1 is 1.22 bits per heavy atom.